The van der Waals surface area contributed by atoms with Crippen molar-refractivity contribution in [3.63, 3.8) is 0 Å². The topological polar surface area (TPSA) is 54.9 Å². The number of hydrazone groups is 1. The van der Waals surface area contributed by atoms with Gasteiger partial charge in [-0.05, 0) is 48.6 Å². The molecule has 0 unspecified atom stereocenters. The standard InChI is InChI=1S/C22H19Cl2N3O2S/c1-28-20-12-5-7-15(13-25-27-22(30)26-16-8-3-2-4-9-16)21(20)29-14-17-18(23)10-6-11-19(17)24/h2-13H,14H2,1H3,(H2,26,27,30)/b25-13-. The molecule has 3 aromatic carbocycles. The molecule has 0 bridgehead atoms. The van der Waals surface area contributed by atoms with Crippen LogP contribution in [-0.2, 0) is 6.61 Å². The second kappa shape index (κ2) is 10.8. The Morgan fingerprint density at radius 3 is 2.40 bits per heavy atom. The molecule has 0 saturated heterocycles. The van der Waals surface area contributed by atoms with Crippen LogP contribution >= 0.6 is 35.4 Å². The second-order valence-electron chi connectivity index (χ2n) is 6.06. The number of methoxy groups -OCH3 is 1. The minimum absolute atomic E-state index is 0.182. The molecule has 0 aromatic heterocycles. The summed E-state index contributed by atoms with van der Waals surface area (Å²) in [5.74, 6) is 1.08. The third-order valence-corrected chi connectivity index (χ3v) is 4.95. The van der Waals surface area contributed by atoms with Crippen molar-refractivity contribution in [1.29, 1.82) is 0 Å². The summed E-state index contributed by atoms with van der Waals surface area (Å²) in [7, 11) is 1.57. The van der Waals surface area contributed by atoms with E-state index in [-0.39, 0.29) is 6.61 Å². The van der Waals surface area contributed by atoms with Gasteiger partial charge in [-0.3, -0.25) is 5.43 Å². The van der Waals surface area contributed by atoms with Gasteiger partial charge in [-0.1, -0.05) is 53.5 Å². The zero-order valence-corrected chi connectivity index (χ0v) is 18.4. The molecule has 0 spiro atoms. The minimum atomic E-state index is 0.182. The molecule has 5 nitrogen and oxygen atoms in total. The van der Waals surface area contributed by atoms with E-state index < -0.39 is 0 Å². The molecule has 0 amide bonds. The maximum Gasteiger partial charge on any atom is 0.191 e. The van der Waals surface area contributed by atoms with Crippen molar-refractivity contribution in [1.82, 2.24) is 5.43 Å². The van der Waals surface area contributed by atoms with E-state index >= 15 is 0 Å². The molecule has 0 aliphatic carbocycles. The second-order valence-corrected chi connectivity index (χ2v) is 7.28. The van der Waals surface area contributed by atoms with Crippen molar-refractivity contribution in [2.45, 2.75) is 6.61 Å². The summed E-state index contributed by atoms with van der Waals surface area (Å²) < 4.78 is 11.4. The Labute approximate surface area is 190 Å². The van der Waals surface area contributed by atoms with Gasteiger partial charge in [0, 0.05) is 26.9 Å². The highest BCUT2D eigenvalue weighted by Crippen LogP contribution is 2.32. The highest BCUT2D eigenvalue weighted by atomic mass is 35.5. The number of rotatable bonds is 7. The summed E-state index contributed by atoms with van der Waals surface area (Å²) in [5, 5.41) is 8.68. The fourth-order valence-corrected chi connectivity index (χ4v) is 3.28. The number of nitrogens with one attached hydrogen (secondary N) is 2. The number of para-hydroxylation sites is 2. The van der Waals surface area contributed by atoms with Crippen molar-refractivity contribution in [3.8, 4) is 11.5 Å². The van der Waals surface area contributed by atoms with Crippen LogP contribution in [0.25, 0.3) is 0 Å². The minimum Gasteiger partial charge on any atom is -0.493 e. The Morgan fingerprint density at radius 2 is 1.70 bits per heavy atom. The fourth-order valence-electron chi connectivity index (χ4n) is 2.61. The van der Waals surface area contributed by atoms with E-state index in [1.54, 1.807) is 37.6 Å². The van der Waals surface area contributed by atoms with Gasteiger partial charge < -0.3 is 14.8 Å². The third kappa shape index (κ3) is 5.86. The molecule has 8 heteroatoms. The lowest BCUT2D eigenvalue weighted by Gasteiger charge is -2.14. The predicted molar refractivity (Wildman–Crippen MR) is 127 cm³/mol. The molecule has 0 saturated carbocycles. The molecule has 0 fully saturated rings. The first kappa shape index (κ1) is 21.9. The van der Waals surface area contributed by atoms with Gasteiger partial charge in [-0.2, -0.15) is 5.10 Å². The summed E-state index contributed by atoms with van der Waals surface area (Å²) in [4.78, 5) is 0. The predicted octanol–water partition coefficient (Wildman–Crippen LogP) is 5.90. The lowest BCUT2D eigenvalue weighted by Crippen LogP contribution is -2.23. The molecule has 2 N–H and O–H groups in total. The lowest BCUT2D eigenvalue weighted by atomic mass is 10.2. The van der Waals surface area contributed by atoms with Gasteiger partial charge in [0.25, 0.3) is 0 Å². The van der Waals surface area contributed by atoms with Crippen LogP contribution in [-0.4, -0.2) is 18.4 Å². The SMILES string of the molecule is COc1cccc(/C=N\NC(=S)Nc2ccccc2)c1OCc1c(Cl)cccc1Cl. The van der Waals surface area contributed by atoms with Crippen LogP contribution in [0.2, 0.25) is 10.0 Å². The van der Waals surface area contributed by atoms with Crippen LogP contribution in [0.4, 0.5) is 5.69 Å². The lowest BCUT2D eigenvalue weighted by molar-refractivity contribution is 0.284. The van der Waals surface area contributed by atoms with E-state index in [0.717, 1.165) is 5.69 Å². The Balaban J connectivity index is 1.72. The Hall–Kier alpha value is -2.80. The quantitative estimate of drug-likeness (QED) is 0.261. The van der Waals surface area contributed by atoms with Gasteiger partial charge >= 0.3 is 0 Å². The van der Waals surface area contributed by atoms with Gasteiger partial charge in [0.2, 0.25) is 0 Å². The van der Waals surface area contributed by atoms with E-state index in [1.165, 1.54) is 0 Å². The normalized spacial score (nSPS) is 10.6. The third-order valence-electron chi connectivity index (χ3n) is 4.05. The molecule has 30 heavy (non-hydrogen) atoms. The number of nitrogens with zero attached hydrogens (tertiary/aromatic N) is 1. The molecule has 0 aliphatic rings. The summed E-state index contributed by atoms with van der Waals surface area (Å²) in [6.07, 6.45) is 1.60. The molecule has 3 aromatic rings. The average molecular weight is 460 g/mol. The Bertz CT molecular complexity index is 1030. The van der Waals surface area contributed by atoms with Crippen LogP contribution in [0.15, 0.2) is 71.8 Å². The first-order chi connectivity index (χ1) is 14.6. The maximum absolute atomic E-state index is 6.24. The molecule has 3 rings (SSSR count). The van der Waals surface area contributed by atoms with E-state index in [4.69, 9.17) is 44.9 Å². The molecule has 0 radical (unpaired) electrons. The van der Waals surface area contributed by atoms with Gasteiger partial charge in [0.1, 0.15) is 6.61 Å². The molecule has 0 heterocycles. The monoisotopic (exact) mass is 459 g/mol. The smallest absolute Gasteiger partial charge is 0.191 e. The summed E-state index contributed by atoms with van der Waals surface area (Å²) in [5.41, 5.74) is 5.05. The Kier molecular flexibility index (Phi) is 7.90. The summed E-state index contributed by atoms with van der Waals surface area (Å²) in [6, 6.07) is 20.4. The molecule has 154 valence electrons. The number of benzene rings is 3. The van der Waals surface area contributed by atoms with E-state index in [9.17, 15) is 0 Å². The number of hydrogen-bond donors (Lipinski definition) is 2. The number of halogens is 2. The maximum atomic E-state index is 6.24. The van der Waals surface area contributed by atoms with E-state index in [0.29, 0.717) is 37.8 Å². The highest BCUT2D eigenvalue weighted by Gasteiger charge is 2.12. The molecule has 0 atom stereocenters. The van der Waals surface area contributed by atoms with Crippen molar-refractivity contribution in [2.75, 3.05) is 12.4 Å². The average Bonchev–Trinajstić information content (AvgIpc) is 2.74. The van der Waals surface area contributed by atoms with Crippen molar-refractivity contribution >= 4 is 52.4 Å². The highest BCUT2D eigenvalue weighted by molar-refractivity contribution is 7.80. The number of ether oxygens (including phenoxy) is 2. The largest absolute Gasteiger partial charge is 0.493 e. The number of hydrogen-bond acceptors (Lipinski definition) is 4. The molecule has 0 aliphatic heterocycles. The fraction of sp³-hybridized carbons (Fsp3) is 0.0909. The van der Waals surface area contributed by atoms with Crippen LogP contribution in [0.3, 0.4) is 0 Å². The van der Waals surface area contributed by atoms with Crippen LogP contribution in [0.1, 0.15) is 11.1 Å². The van der Waals surface area contributed by atoms with Gasteiger partial charge in [-0.25, -0.2) is 0 Å². The van der Waals surface area contributed by atoms with Crippen LogP contribution in [0.5, 0.6) is 11.5 Å². The van der Waals surface area contributed by atoms with Crippen LogP contribution < -0.4 is 20.2 Å². The van der Waals surface area contributed by atoms with E-state index in [2.05, 4.69) is 15.8 Å². The molecular formula is C22H19Cl2N3O2S. The van der Waals surface area contributed by atoms with E-state index in [1.807, 2.05) is 42.5 Å². The number of thiocarbonyl (C=S) groups is 1. The first-order valence-electron chi connectivity index (χ1n) is 8.96. The summed E-state index contributed by atoms with van der Waals surface area (Å²) in [6.45, 7) is 0.182. The zero-order chi connectivity index (χ0) is 21.3. The van der Waals surface area contributed by atoms with Gasteiger partial charge in [-0.15, -0.1) is 0 Å². The summed E-state index contributed by atoms with van der Waals surface area (Å²) >= 11 is 17.7. The van der Waals surface area contributed by atoms with Crippen LogP contribution in [0, 0.1) is 0 Å². The zero-order valence-electron chi connectivity index (χ0n) is 16.1. The van der Waals surface area contributed by atoms with Crippen molar-refractivity contribution in [3.05, 3.63) is 87.9 Å². The first-order valence-corrected chi connectivity index (χ1v) is 10.1. The molecular weight excluding hydrogens is 441 g/mol. The number of anilines is 1. The Morgan fingerprint density at radius 1 is 1.00 bits per heavy atom. The van der Waals surface area contributed by atoms with Gasteiger partial charge in [0.15, 0.2) is 16.6 Å². The van der Waals surface area contributed by atoms with Crippen molar-refractivity contribution < 1.29 is 9.47 Å². The van der Waals surface area contributed by atoms with Crippen molar-refractivity contribution in [2.24, 2.45) is 5.10 Å². The van der Waals surface area contributed by atoms with Gasteiger partial charge in [0.05, 0.1) is 13.3 Å².